The summed E-state index contributed by atoms with van der Waals surface area (Å²) in [6.45, 7) is 2.65. The molecule has 1 heterocycles. The summed E-state index contributed by atoms with van der Waals surface area (Å²) >= 11 is 0. The Kier molecular flexibility index (Phi) is 4.68. The molecule has 1 saturated heterocycles. The van der Waals surface area contributed by atoms with Crippen LogP contribution >= 0.6 is 0 Å². The van der Waals surface area contributed by atoms with Crippen molar-refractivity contribution < 1.29 is 4.79 Å². The van der Waals surface area contributed by atoms with Crippen molar-refractivity contribution in [2.75, 3.05) is 13.1 Å². The van der Waals surface area contributed by atoms with Gasteiger partial charge in [-0.1, -0.05) is 60.7 Å². The van der Waals surface area contributed by atoms with Crippen LogP contribution in [-0.2, 0) is 13.1 Å². The van der Waals surface area contributed by atoms with Gasteiger partial charge in [0.1, 0.15) is 0 Å². The molecule has 1 aliphatic rings. The standard InChI is InChI=1S/C17H20N4O/c22-17-20(18-13-15-7-3-1-4-8-15)11-12-21(17)19-14-16-9-5-2-6-10-16/h1-10,18-19H,11-14H2. The Morgan fingerprint density at radius 2 is 1.14 bits per heavy atom. The van der Waals surface area contributed by atoms with E-state index in [4.69, 9.17) is 0 Å². The fourth-order valence-corrected chi connectivity index (χ4v) is 2.40. The highest BCUT2D eigenvalue weighted by atomic mass is 16.2. The van der Waals surface area contributed by atoms with Crippen LogP contribution in [0.2, 0.25) is 0 Å². The largest absolute Gasteiger partial charge is 0.348 e. The van der Waals surface area contributed by atoms with E-state index in [0.717, 1.165) is 11.1 Å². The van der Waals surface area contributed by atoms with E-state index >= 15 is 0 Å². The lowest BCUT2D eigenvalue weighted by molar-refractivity contribution is 0.158. The fourth-order valence-electron chi connectivity index (χ4n) is 2.40. The molecule has 5 heteroatoms. The van der Waals surface area contributed by atoms with E-state index in [1.54, 1.807) is 10.0 Å². The maximum atomic E-state index is 12.3. The second-order valence-corrected chi connectivity index (χ2v) is 5.23. The van der Waals surface area contributed by atoms with E-state index in [1.807, 2.05) is 60.7 Å². The molecule has 5 nitrogen and oxygen atoms in total. The third kappa shape index (κ3) is 3.63. The minimum atomic E-state index is -0.0353. The number of urea groups is 1. The summed E-state index contributed by atoms with van der Waals surface area (Å²) in [5, 5.41) is 3.32. The molecule has 2 aromatic rings. The molecule has 0 aliphatic carbocycles. The predicted molar refractivity (Wildman–Crippen MR) is 85.4 cm³/mol. The maximum Gasteiger partial charge on any atom is 0.348 e. The van der Waals surface area contributed by atoms with Gasteiger partial charge in [-0.15, -0.1) is 0 Å². The normalized spacial score (nSPS) is 14.6. The van der Waals surface area contributed by atoms with Gasteiger partial charge in [0.05, 0.1) is 13.1 Å². The van der Waals surface area contributed by atoms with Crippen LogP contribution in [0.25, 0.3) is 0 Å². The molecule has 22 heavy (non-hydrogen) atoms. The molecule has 0 radical (unpaired) electrons. The van der Waals surface area contributed by atoms with Crippen LogP contribution in [0.3, 0.4) is 0 Å². The van der Waals surface area contributed by atoms with E-state index in [9.17, 15) is 4.79 Å². The average Bonchev–Trinajstić information content (AvgIpc) is 2.93. The second kappa shape index (κ2) is 7.06. The number of carbonyl (C=O) groups is 1. The smallest absolute Gasteiger partial charge is 0.256 e. The molecule has 0 spiro atoms. The Balaban J connectivity index is 1.47. The SMILES string of the molecule is O=C1N(NCc2ccccc2)CCN1NCc1ccccc1. The van der Waals surface area contributed by atoms with Gasteiger partial charge in [0.2, 0.25) is 0 Å². The van der Waals surface area contributed by atoms with Crippen LogP contribution in [0.5, 0.6) is 0 Å². The quantitative estimate of drug-likeness (QED) is 0.858. The van der Waals surface area contributed by atoms with Crippen LogP contribution in [0, 0.1) is 0 Å². The minimum Gasteiger partial charge on any atom is -0.256 e. The molecule has 1 fully saturated rings. The Bertz CT molecular complexity index is 549. The Hall–Kier alpha value is -2.37. The van der Waals surface area contributed by atoms with Gasteiger partial charge >= 0.3 is 6.03 Å². The first-order chi connectivity index (χ1) is 10.8. The van der Waals surface area contributed by atoms with Crippen LogP contribution in [0.1, 0.15) is 11.1 Å². The monoisotopic (exact) mass is 296 g/mol. The molecule has 0 aromatic heterocycles. The van der Waals surface area contributed by atoms with Crippen molar-refractivity contribution in [1.29, 1.82) is 0 Å². The zero-order valence-electron chi connectivity index (χ0n) is 12.4. The van der Waals surface area contributed by atoms with Crippen LogP contribution in [0.4, 0.5) is 4.79 Å². The first-order valence-corrected chi connectivity index (χ1v) is 7.47. The second-order valence-electron chi connectivity index (χ2n) is 5.23. The van der Waals surface area contributed by atoms with Gasteiger partial charge in [-0.2, -0.15) is 0 Å². The van der Waals surface area contributed by atoms with Crippen molar-refractivity contribution in [1.82, 2.24) is 20.9 Å². The van der Waals surface area contributed by atoms with Crippen molar-refractivity contribution in [3.8, 4) is 0 Å². The number of carbonyl (C=O) groups excluding carboxylic acids is 1. The third-order valence-corrected chi connectivity index (χ3v) is 3.64. The topological polar surface area (TPSA) is 47.6 Å². The molecule has 2 N–H and O–H groups in total. The molecule has 0 saturated carbocycles. The molecule has 114 valence electrons. The number of benzene rings is 2. The third-order valence-electron chi connectivity index (χ3n) is 3.64. The number of hydrogen-bond acceptors (Lipinski definition) is 3. The van der Waals surface area contributed by atoms with E-state index in [2.05, 4.69) is 10.9 Å². The molecule has 0 bridgehead atoms. The number of rotatable bonds is 6. The molecule has 3 rings (SSSR count). The zero-order chi connectivity index (χ0) is 15.2. The Labute approximate surface area is 130 Å². The summed E-state index contributed by atoms with van der Waals surface area (Å²) in [6, 6.07) is 20.1. The molecule has 2 aromatic carbocycles. The molecule has 0 unspecified atom stereocenters. The summed E-state index contributed by atoms with van der Waals surface area (Å²) in [5.74, 6) is 0. The molecular formula is C17H20N4O. The van der Waals surface area contributed by atoms with Crippen LogP contribution in [-0.4, -0.2) is 29.1 Å². The Morgan fingerprint density at radius 3 is 1.55 bits per heavy atom. The number of hydrazine groups is 2. The van der Waals surface area contributed by atoms with Crippen LogP contribution < -0.4 is 10.9 Å². The lowest BCUT2D eigenvalue weighted by atomic mass is 10.2. The van der Waals surface area contributed by atoms with Crippen LogP contribution in [0.15, 0.2) is 60.7 Å². The van der Waals surface area contributed by atoms with Gasteiger partial charge in [-0.05, 0) is 11.1 Å². The summed E-state index contributed by atoms with van der Waals surface area (Å²) in [4.78, 5) is 12.3. The van der Waals surface area contributed by atoms with E-state index in [0.29, 0.717) is 26.2 Å². The van der Waals surface area contributed by atoms with Gasteiger partial charge in [-0.3, -0.25) is 10.0 Å². The summed E-state index contributed by atoms with van der Waals surface area (Å²) in [7, 11) is 0. The number of nitrogens with zero attached hydrogens (tertiary/aromatic N) is 2. The highest BCUT2D eigenvalue weighted by Crippen LogP contribution is 2.06. The summed E-state index contributed by atoms with van der Waals surface area (Å²) in [6.07, 6.45) is 0. The van der Waals surface area contributed by atoms with Crippen molar-refractivity contribution in [3.05, 3.63) is 71.8 Å². The predicted octanol–water partition coefficient (Wildman–Crippen LogP) is 2.13. The van der Waals surface area contributed by atoms with Crippen molar-refractivity contribution in [2.45, 2.75) is 13.1 Å². The summed E-state index contributed by atoms with van der Waals surface area (Å²) < 4.78 is 0. The molecule has 0 atom stereocenters. The zero-order valence-corrected chi connectivity index (χ0v) is 12.4. The minimum absolute atomic E-state index is 0.0353. The fraction of sp³-hybridized carbons (Fsp3) is 0.235. The lowest BCUT2D eigenvalue weighted by Crippen LogP contribution is -2.45. The lowest BCUT2D eigenvalue weighted by Gasteiger charge is -2.20. The maximum absolute atomic E-state index is 12.3. The molecular weight excluding hydrogens is 276 g/mol. The van der Waals surface area contributed by atoms with Gasteiger partial charge in [-0.25, -0.2) is 15.6 Å². The molecule has 2 amide bonds. The van der Waals surface area contributed by atoms with Gasteiger partial charge < -0.3 is 0 Å². The van der Waals surface area contributed by atoms with Crippen molar-refractivity contribution in [2.24, 2.45) is 0 Å². The van der Waals surface area contributed by atoms with Gasteiger partial charge in [0.25, 0.3) is 0 Å². The van der Waals surface area contributed by atoms with E-state index in [-0.39, 0.29) is 6.03 Å². The van der Waals surface area contributed by atoms with E-state index in [1.165, 1.54) is 0 Å². The summed E-state index contributed by atoms with van der Waals surface area (Å²) in [5.41, 5.74) is 8.67. The first kappa shape index (κ1) is 14.6. The highest BCUT2D eigenvalue weighted by molar-refractivity contribution is 5.75. The highest BCUT2D eigenvalue weighted by Gasteiger charge is 2.28. The van der Waals surface area contributed by atoms with Gasteiger partial charge in [0.15, 0.2) is 0 Å². The number of hydrogen-bond donors (Lipinski definition) is 2. The first-order valence-electron chi connectivity index (χ1n) is 7.47. The average molecular weight is 296 g/mol. The van der Waals surface area contributed by atoms with Crippen molar-refractivity contribution >= 4 is 6.03 Å². The number of nitrogens with one attached hydrogen (secondary N) is 2. The van der Waals surface area contributed by atoms with Crippen molar-refractivity contribution in [3.63, 3.8) is 0 Å². The van der Waals surface area contributed by atoms with Gasteiger partial charge in [0, 0.05) is 13.1 Å². The molecule has 1 aliphatic heterocycles. The number of amides is 2. The Morgan fingerprint density at radius 1 is 0.727 bits per heavy atom. The van der Waals surface area contributed by atoms with E-state index < -0.39 is 0 Å².